The van der Waals surface area contributed by atoms with Crippen LogP contribution in [-0.4, -0.2) is 13.3 Å². The van der Waals surface area contributed by atoms with Gasteiger partial charge in [0, 0.05) is 23.6 Å². The quantitative estimate of drug-likeness (QED) is 0.787. The van der Waals surface area contributed by atoms with Crippen molar-refractivity contribution in [2.75, 3.05) is 11.9 Å². The Balaban J connectivity index is 2.20. The number of halogens is 1. The van der Waals surface area contributed by atoms with Gasteiger partial charge in [-0.05, 0) is 46.6 Å². The molecule has 2 aromatic carbocycles. The molecule has 0 saturated heterocycles. The Morgan fingerprint density at radius 3 is 2.63 bits per heavy atom. The van der Waals surface area contributed by atoms with Crippen molar-refractivity contribution in [1.29, 1.82) is 0 Å². The zero-order chi connectivity index (χ0) is 13.8. The van der Waals surface area contributed by atoms with Gasteiger partial charge in [-0.2, -0.15) is 0 Å². The third-order valence-electron chi connectivity index (χ3n) is 3.02. The Bertz CT molecular complexity index is 595. The number of hydrogen-bond acceptors (Lipinski definition) is 2. The van der Waals surface area contributed by atoms with Crippen molar-refractivity contribution >= 4 is 27.9 Å². The first-order valence-corrected chi connectivity index (χ1v) is 6.91. The average Bonchev–Trinajstić information content (AvgIpc) is 2.38. The molecule has 19 heavy (non-hydrogen) atoms. The second-order valence-electron chi connectivity index (χ2n) is 4.67. The van der Waals surface area contributed by atoms with E-state index in [9.17, 15) is 4.79 Å². The van der Waals surface area contributed by atoms with Crippen molar-refractivity contribution in [1.82, 2.24) is 0 Å². The van der Waals surface area contributed by atoms with Crippen LogP contribution < -0.4 is 4.90 Å². The maximum Gasteiger partial charge on any atom is 0.150 e. The SMILES string of the molecule is Cc1cccc(CN(C)c2ccc(C=O)cc2Br)c1. The van der Waals surface area contributed by atoms with Crippen LogP contribution in [0.1, 0.15) is 21.5 Å². The Morgan fingerprint density at radius 1 is 1.21 bits per heavy atom. The van der Waals surface area contributed by atoms with Crippen LogP contribution in [0.3, 0.4) is 0 Å². The van der Waals surface area contributed by atoms with E-state index in [1.54, 1.807) is 0 Å². The summed E-state index contributed by atoms with van der Waals surface area (Å²) in [5.41, 5.74) is 4.29. The zero-order valence-electron chi connectivity index (χ0n) is 11.1. The van der Waals surface area contributed by atoms with Crippen molar-refractivity contribution in [2.45, 2.75) is 13.5 Å². The minimum Gasteiger partial charge on any atom is -0.369 e. The van der Waals surface area contributed by atoms with E-state index in [0.717, 1.165) is 23.0 Å². The Labute approximate surface area is 122 Å². The van der Waals surface area contributed by atoms with E-state index in [-0.39, 0.29) is 0 Å². The van der Waals surface area contributed by atoms with E-state index in [1.165, 1.54) is 11.1 Å². The first-order chi connectivity index (χ1) is 9.10. The number of carbonyl (C=O) groups is 1. The lowest BCUT2D eigenvalue weighted by molar-refractivity contribution is 0.112. The molecule has 3 heteroatoms. The highest BCUT2D eigenvalue weighted by atomic mass is 79.9. The molecule has 0 aromatic heterocycles. The first kappa shape index (κ1) is 13.8. The fraction of sp³-hybridized carbons (Fsp3) is 0.188. The largest absolute Gasteiger partial charge is 0.369 e. The van der Waals surface area contributed by atoms with Crippen LogP contribution in [0.15, 0.2) is 46.9 Å². The molecule has 0 bridgehead atoms. The molecule has 0 aliphatic rings. The van der Waals surface area contributed by atoms with Crippen LogP contribution in [0.5, 0.6) is 0 Å². The zero-order valence-corrected chi connectivity index (χ0v) is 12.6. The average molecular weight is 318 g/mol. The van der Waals surface area contributed by atoms with Gasteiger partial charge in [0.1, 0.15) is 6.29 Å². The van der Waals surface area contributed by atoms with Crippen LogP contribution in [0.4, 0.5) is 5.69 Å². The van der Waals surface area contributed by atoms with E-state index in [4.69, 9.17) is 0 Å². The number of aryl methyl sites for hydroxylation is 1. The summed E-state index contributed by atoms with van der Waals surface area (Å²) in [6.07, 6.45) is 0.856. The summed E-state index contributed by atoms with van der Waals surface area (Å²) in [5.74, 6) is 0. The van der Waals surface area contributed by atoms with Crippen LogP contribution in [0, 0.1) is 6.92 Å². The lowest BCUT2D eigenvalue weighted by atomic mass is 10.1. The summed E-state index contributed by atoms with van der Waals surface area (Å²) < 4.78 is 0.937. The fourth-order valence-electron chi connectivity index (χ4n) is 2.08. The smallest absolute Gasteiger partial charge is 0.150 e. The molecule has 0 fully saturated rings. The summed E-state index contributed by atoms with van der Waals surface area (Å²) in [6, 6.07) is 14.1. The number of anilines is 1. The molecule has 0 aliphatic heterocycles. The maximum absolute atomic E-state index is 10.7. The number of hydrogen-bond donors (Lipinski definition) is 0. The molecular weight excluding hydrogens is 302 g/mol. The Kier molecular flexibility index (Phi) is 4.38. The van der Waals surface area contributed by atoms with Crippen LogP contribution in [-0.2, 0) is 6.54 Å². The highest BCUT2D eigenvalue weighted by Gasteiger charge is 2.07. The normalized spacial score (nSPS) is 10.3. The van der Waals surface area contributed by atoms with Gasteiger partial charge in [0.25, 0.3) is 0 Å². The van der Waals surface area contributed by atoms with E-state index in [2.05, 4.69) is 52.0 Å². The van der Waals surface area contributed by atoms with E-state index in [1.807, 2.05) is 25.2 Å². The molecule has 0 N–H and O–H groups in total. The number of nitrogens with zero attached hydrogens (tertiary/aromatic N) is 1. The molecule has 0 heterocycles. The number of carbonyl (C=O) groups excluding carboxylic acids is 1. The van der Waals surface area contributed by atoms with Gasteiger partial charge in [-0.1, -0.05) is 29.8 Å². The Morgan fingerprint density at radius 2 is 2.00 bits per heavy atom. The van der Waals surface area contributed by atoms with E-state index >= 15 is 0 Å². The summed E-state index contributed by atoms with van der Waals surface area (Å²) in [7, 11) is 2.04. The second-order valence-corrected chi connectivity index (χ2v) is 5.53. The third kappa shape index (κ3) is 3.44. The highest BCUT2D eigenvalue weighted by molar-refractivity contribution is 9.10. The van der Waals surface area contributed by atoms with Crippen molar-refractivity contribution in [3.63, 3.8) is 0 Å². The van der Waals surface area contributed by atoms with Gasteiger partial charge >= 0.3 is 0 Å². The minimum absolute atomic E-state index is 0.680. The molecule has 2 nitrogen and oxygen atoms in total. The standard InChI is InChI=1S/C16H16BrNO/c1-12-4-3-5-13(8-12)10-18(2)16-7-6-14(11-19)9-15(16)17/h3-9,11H,10H2,1-2H3. The monoisotopic (exact) mass is 317 g/mol. The fourth-order valence-corrected chi connectivity index (χ4v) is 2.77. The summed E-state index contributed by atoms with van der Waals surface area (Å²) >= 11 is 3.52. The van der Waals surface area contributed by atoms with E-state index < -0.39 is 0 Å². The van der Waals surface area contributed by atoms with Gasteiger partial charge in [-0.25, -0.2) is 0 Å². The molecular formula is C16H16BrNO. The molecule has 0 unspecified atom stereocenters. The summed E-state index contributed by atoms with van der Waals surface area (Å²) in [4.78, 5) is 12.9. The molecule has 98 valence electrons. The minimum atomic E-state index is 0.680. The predicted octanol–water partition coefficient (Wildman–Crippen LogP) is 4.21. The predicted molar refractivity (Wildman–Crippen MR) is 82.8 cm³/mol. The van der Waals surface area contributed by atoms with E-state index in [0.29, 0.717) is 5.56 Å². The molecule has 0 radical (unpaired) electrons. The van der Waals surface area contributed by atoms with Crippen molar-refractivity contribution in [2.24, 2.45) is 0 Å². The van der Waals surface area contributed by atoms with Crippen LogP contribution >= 0.6 is 15.9 Å². The van der Waals surface area contributed by atoms with Crippen molar-refractivity contribution < 1.29 is 4.79 Å². The maximum atomic E-state index is 10.7. The topological polar surface area (TPSA) is 20.3 Å². The molecule has 2 rings (SSSR count). The lowest BCUT2D eigenvalue weighted by Crippen LogP contribution is -2.16. The van der Waals surface area contributed by atoms with Gasteiger partial charge in [-0.15, -0.1) is 0 Å². The molecule has 0 amide bonds. The first-order valence-electron chi connectivity index (χ1n) is 6.11. The third-order valence-corrected chi connectivity index (χ3v) is 3.66. The molecule has 0 aliphatic carbocycles. The van der Waals surface area contributed by atoms with Gasteiger partial charge in [0.2, 0.25) is 0 Å². The van der Waals surface area contributed by atoms with Gasteiger partial charge in [0.15, 0.2) is 0 Å². The molecule has 0 spiro atoms. The van der Waals surface area contributed by atoms with Crippen LogP contribution in [0.2, 0.25) is 0 Å². The number of aldehydes is 1. The molecule has 0 saturated carbocycles. The second kappa shape index (κ2) is 6.02. The summed E-state index contributed by atoms with van der Waals surface area (Å²) in [6.45, 7) is 2.93. The van der Waals surface area contributed by atoms with Gasteiger partial charge in [-0.3, -0.25) is 4.79 Å². The van der Waals surface area contributed by atoms with Gasteiger partial charge < -0.3 is 4.90 Å². The van der Waals surface area contributed by atoms with Crippen molar-refractivity contribution in [3.05, 3.63) is 63.6 Å². The lowest BCUT2D eigenvalue weighted by Gasteiger charge is -2.21. The highest BCUT2D eigenvalue weighted by Crippen LogP contribution is 2.27. The van der Waals surface area contributed by atoms with Gasteiger partial charge in [0.05, 0.1) is 5.69 Å². The Hall–Kier alpha value is -1.61. The summed E-state index contributed by atoms with van der Waals surface area (Å²) in [5, 5.41) is 0. The molecule has 0 atom stereocenters. The van der Waals surface area contributed by atoms with Crippen molar-refractivity contribution in [3.8, 4) is 0 Å². The number of benzene rings is 2. The number of rotatable bonds is 4. The molecule has 2 aromatic rings. The van der Waals surface area contributed by atoms with Crippen LogP contribution in [0.25, 0.3) is 0 Å².